The average molecular weight is 205 g/mol. The van der Waals surface area contributed by atoms with Gasteiger partial charge in [-0.1, -0.05) is 50.8 Å². The van der Waals surface area contributed by atoms with E-state index in [2.05, 4.69) is 38.6 Å². The van der Waals surface area contributed by atoms with Crippen LogP contribution in [0.3, 0.4) is 0 Å². The molecule has 1 unspecified atom stereocenters. The summed E-state index contributed by atoms with van der Waals surface area (Å²) >= 11 is 0. The van der Waals surface area contributed by atoms with Gasteiger partial charge in [-0.25, -0.2) is 0 Å². The average Bonchev–Trinajstić information content (AvgIpc) is 2.29. The fourth-order valence-electron chi connectivity index (χ4n) is 1.06. The van der Waals surface area contributed by atoms with Crippen molar-refractivity contribution in [2.24, 2.45) is 5.73 Å². The molecule has 0 aromatic heterocycles. The minimum atomic E-state index is 0.384. The molecule has 0 amide bonds. The lowest BCUT2D eigenvalue weighted by Crippen LogP contribution is -2.11. The van der Waals surface area contributed by atoms with E-state index < -0.39 is 0 Å². The van der Waals surface area contributed by atoms with Gasteiger partial charge in [-0.15, -0.1) is 0 Å². The van der Waals surface area contributed by atoms with Crippen molar-refractivity contribution in [3.05, 3.63) is 42.0 Å². The fraction of sp³-hybridized carbons (Fsp3) is 0.429. The van der Waals surface area contributed by atoms with Crippen molar-refractivity contribution < 1.29 is 0 Å². The summed E-state index contributed by atoms with van der Waals surface area (Å²) in [5, 5.41) is 0. The van der Waals surface area contributed by atoms with Crippen molar-refractivity contribution in [3.63, 3.8) is 0 Å². The maximum Gasteiger partial charge on any atom is 0.000781 e. The first kappa shape index (κ1) is 13.9. The molecule has 0 bridgehead atoms. The number of benzene rings is 1. The molecule has 2 N–H and O–H groups in total. The Labute approximate surface area is 94.0 Å². The van der Waals surface area contributed by atoms with Crippen LogP contribution in [0, 0.1) is 0 Å². The van der Waals surface area contributed by atoms with E-state index in [0.717, 1.165) is 12.8 Å². The zero-order valence-electron chi connectivity index (χ0n) is 10.2. The molecule has 0 radical (unpaired) electrons. The Morgan fingerprint density at radius 1 is 1.33 bits per heavy atom. The normalized spacial score (nSPS) is 11.2. The number of hydrogen-bond donors (Lipinski definition) is 1. The van der Waals surface area contributed by atoms with E-state index in [1.165, 1.54) is 11.1 Å². The van der Waals surface area contributed by atoms with Gasteiger partial charge < -0.3 is 5.73 Å². The summed E-state index contributed by atoms with van der Waals surface area (Å²) in [5.41, 5.74) is 7.92. The van der Waals surface area contributed by atoms with E-state index in [0.29, 0.717) is 6.04 Å². The van der Waals surface area contributed by atoms with Crippen LogP contribution in [0.4, 0.5) is 0 Å². The van der Waals surface area contributed by atoms with Gasteiger partial charge in [-0.05, 0) is 30.9 Å². The molecule has 0 saturated heterocycles. The van der Waals surface area contributed by atoms with Crippen LogP contribution in [0.15, 0.2) is 30.8 Å². The summed E-state index contributed by atoms with van der Waals surface area (Å²) in [4.78, 5) is 0. The number of rotatable bonds is 3. The van der Waals surface area contributed by atoms with Gasteiger partial charge in [0.25, 0.3) is 0 Å². The van der Waals surface area contributed by atoms with Gasteiger partial charge in [0.05, 0.1) is 0 Å². The van der Waals surface area contributed by atoms with Gasteiger partial charge in [0.15, 0.2) is 0 Å². The highest BCUT2D eigenvalue weighted by molar-refractivity contribution is 5.51. The Hall–Kier alpha value is -1.08. The predicted molar refractivity (Wildman–Crippen MR) is 69.9 cm³/mol. The van der Waals surface area contributed by atoms with E-state index in [-0.39, 0.29) is 0 Å². The first-order valence-electron chi connectivity index (χ1n) is 5.61. The topological polar surface area (TPSA) is 26.0 Å². The van der Waals surface area contributed by atoms with Crippen LogP contribution in [0.2, 0.25) is 0 Å². The minimum Gasteiger partial charge on any atom is -0.328 e. The molecule has 1 heteroatoms. The summed E-state index contributed by atoms with van der Waals surface area (Å²) in [6.07, 6.45) is 4.07. The summed E-state index contributed by atoms with van der Waals surface area (Å²) in [5.74, 6) is 0. The second kappa shape index (κ2) is 8.25. The molecule has 0 aliphatic carbocycles. The molecule has 1 aromatic rings. The van der Waals surface area contributed by atoms with Crippen LogP contribution < -0.4 is 5.73 Å². The number of hydrogen-bond acceptors (Lipinski definition) is 1. The van der Waals surface area contributed by atoms with Crippen molar-refractivity contribution in [2.75, 3.05) is 0 Å². The first-order chi connectivity index (χ1) is 7.15. The van der Waals surface area contributed by atoms with Crippen molar-refractivity contribution in [1.29, 1.82) is 0 Å². The van der Waals surface area contributed by atoms with Gasteiger partial charge >= 0.3 is 0 Å². The second-order valence-electron chi connectivity index (χ2n) is 3.64. The standard InChI is InChI=1S/C10H12.C4H11N/c1-3-9-7-5-6-8-10(9)4-2;1-3-4(2)5/h3,5-8H,1,4H2,2H3;4H,3,5H2,1-2H3. The van der Waals surface area contributed by atoms with Crippen LogP contribution in [0.5, 0.6) is 0 Å². The molecule has 0 saturated carbocycles. The highest BCUT2D eigenvalue weighted by Gasteiger charge is 1.91. The quantitative estimate of drug-likeness (QED) is 0.801. The van der Waals surface area contributed by atoms with Crippen molar-refractivity contribution in [2.45, 2.75) is 39.7 Å². The zero-order valence-corrected chi connectivity index (χ0v) is 10.2. The summed E-state index contributed by atoms with van der Waals surface area (Å²) in [7, 11) is 0. The lowest BCUT2D eigenvalue weighted by molar-refractivity contribution is 0.715. The zero-order chi connectivity index (χ0) is 11.7. The number of nitrogens with two attached hydrogens (primary N) is 1. The van der Waals surface area contributed by atoms with Crippen LogP contribution >= 0.6 is 0 Å². The molecule has 1 rings (SSSR count). The molecule has 0 heterocycles. The maximum absolute atomic E-state index is 5.29. The van der Waals surface area contributed by atoms with Crippen molar-refractivity contribution in [3.8, 4) is 0 Å². The molecular formula is C14H23N. The lowest BCUT2D eigenvalue weighted by Gasteiger charge is -1.99. The van der Waals surface area contributed by atoms with Gasteiger partial charge in [-0.3, -0.25) is 0 Å². The van der Waals surface area contributed by atoms with E-state index in [1.54, 1.807) is 0 Å². The third kappa shape index (κ3) is 6.08. The third-order valence-corrected chi connectivity index (χ3v) is 2.30. The molecule has 1 atom stereocenters. The second-order valence-corrected chi connectivity index (χ2v) is 3.64. The van der Waals surface area contributed by atoms with E-state index in [4.69, 9.17) is 5.73 Å². The Balaban J connectivity index is 0.000000336. The fourth-order valence-corrected chi connectivity index (χ4v) is 1.06. The Morgan fingerprint density at radius 3 is 2.20 bits per heavy atom. The molecule has 0 fully saturated rings. The summed E-state index contributed by atoms with van der Waals surface area (Å²) < 4.78 is 0. The summed E-state index contributed by atoms with van der Waals surface area (Å²) in [6, 6.07) is 8.71. The van der Waals surface area contributed by atoms with E-state index in [1.807, 2.05) is 19.1 Å². The van der Waals surface area contributed by atoms with Crippen molar-refractivity contribution in [1.82, 2.24) is 0 Å². The van der Waals surface area contributed by atoms with Gasteiger partial charge in [0, 0.05) is 6.04 Å². The van der Waals surface area contributed by atoms with Crippen LogP contribution in [0.1, 0.15) is 38.3 Å². The van der Waals surface area contributed by atoms with Crippen molar-refractivity contribution >= 4 is 6.08 Å². The molecule has 0 spiro atoms. The van der Waals surface area contributed by atoms with E-state index in [9.17, 15) is 0 Å². The molecule has 0 aliphatic heterocycles. The molecular weight excluding hydrogens is 182 g/mol. The highest BCUT2D eigenvalue weighted by Crippen LogP contribution is 2.09. The van der Waals surface area contributed by atoms with Crippen LogP contribution in [-0.2, 0) is 6.42 Å². The monoisotopic (exact) mass is 205 g/mol. The van der Waals surface area contributed by atoms with Gasteiger partial charge in [-0.2, -0.15) is 0 Å². The molecule has 15 heavy (non-hydrogen) atoms. The lowest BCUT2D eigenvalue weighted by atomic mass is 10.1. The van der Waals surface area contributed by atoms with Gasteiger partial charge in [0.2, 0.25) is 0 Å². The van der Waals surface area contributed by atoms with Crippen LogP contribution in [0.25, 0.3) is 6.08 Å². The molecule has 1 nitrogen and oxygen atoms in total. The summed E-state index contributed by atoms with van der Waals surface area (Å²) in [6.45, 7) is 9.97. The highest BCUT2D eigenvalue weighted by atomic mass is 14.6. The SMILES string of the molecule is C=Cc1ccccc1CC.CCC(C)N. The Bertz CT molecular complexity index is 276. The van der Waals surface area contributed by atoms with Gasteiger partial charge in [0.1, 0.15) is 0 Å². The van der Waals surface area contributed by atoms with E-state index >= 15 is 0 Å². The Morgan fingerprint density at radius 2 is 1.87 bits per heavy atom. The molecule has 1 aromatic carbocycles. The minimum absolute atomic E-state index is 0.384. The first-order valence-corrected chi connectivity index (χ1v) is 5.61. The smallest absolute Gasteiger partial charge is 0.000781 e. The largest absolute Gasteiger partial charge is 0.328 e. The molecule has 84 valence electrons. The maximum atomic E-state index is 5.29. The third-order valence-electron chi connectivity index (χ3n) is 2.30. The van der Waals surface area contributed by atoms with Crippen LogP contribution in [-0.4, -0.2) is 6.04 Å². The Kier molecular flexibility index (Phi) is 7.65. The predicted octanol–water partition coefficient (Wildman–Crippen LogP) is 3.64. The number of aryl methyl sites for hydroxylation is 1. The molecule has 0 aliphatic rings.